The Morgan fingerprint density at radius 2 is 1.84 bits per heavy atom. The Bertz CT molecular complexity index is 435. The summed E-state index contributed by atoms with van der Waals surface area (Å²) in [5.41, 5.74) is 1.28. The van der Waals surface area contributed by atoms with E-state index in [1.807, 2.05) is 19.1 Å². The van der Waals surface area contributed by atoms with Crippen LogP contribution in [0, 0.1) is 0 Å². The van der Waals surface area contributed by atoms with Gasteiger partial charge >= 0.3 is 5.97 Å². The zero-order valence-electron chi connectivity index (χ0n) is 11.9. The van der Waals surface area contributed by atoms with Crippen molar-refractivity contribution in [1.29, 1.82) is 0 Å². The van der Waals surface area contributed by atoms with Crippen LogP contribution in [-0.2, 0) is 16.8 Å². The average molecular weight is 261 g/mol. The fraction of sp³-hybridized carbons (Fsp3) is 0.562. The molecule has 0 aromatic heterocycles. The fourth-order valence-corrected chi connectivity index (χ4v) is 2.89. The van der Waals surface area contributed by atoms with Gasteiger partial charge in [-0.1, -0.05) is 37.6 Å². The van der Waals surface area contributed by atoms with E-state index in [1.165, 1.54) is 5.56 Å². The van der Waals surface area contributed by atoms with Crippen molar-refractivity contribution in [3.63, 3.8) is 0 Å². The molecule has 1 aliphatic heterocycles. The van der Waals surface area contributed by atoms with E-state index in [2.05, 4.69) is 24.0 Å². The lowest BCUT2D eigenvalue weighted by atomic mass is 9.89. The second-order valence-electron chi connectivity index (χ2n) is 5.52. The molecule has 1 N–H and O–H groups in total. The molecule has 1 unspecified atom stereocenters. The van der Waals surface area contributed by atoms with Crippen LogP contribution in [0.2, 0.25) is 0 Å². The number of likely N-dealkylation sites (tertiary alicyclic amines) is 1. The standard InChI is InChI=1S/C16H23NO2/c1-3-6-13-7-9-14(10-8-13)16(2,15(18)19)17-11-4-5-12-17/h7-10H,3-6,11-12H2,1-2H3,(H,18,19). The van der Waals surface area contributed by atoms with Crippen LogP contribution in [0.3, 0.4) is 0 Å². The van der Waals surface area contributed by atoms with Gasteiger partial charge in [0.2, 0.25) is 0 Å². The molecule has 3 nitrogen and oxygen atoms in total. The summed E-state index contributed by atoms with van der Waals surface area (Å²) in [6, 6.07) is 8.10. The van der Waals surface area contributed by atoms with Gasteiger partial charge in [0, 0.05) is 0 Å². The average Bonchev–Trinajstić information content (AvgIpc) is 2.93. The van der Waals surface area contributed by atoms with Crippen LogP contribution in [0.1, 0.15) is 44.2 Å². The van der Waals surface area contributed by atoms with Crippen molar-refractivity contribution in [2.24, 2.45) is 0 Å². The molecule has 1 atom stereocenters. The van der Waals surface area contributed by atoms with Gasteiger partial charge in [0.25, 0.3) is 0 Å². The number of benzene rings is 1. The van der Waals surface area contributed by atoms with Gasteiger partial charge in [0.05, 0.1) is 0 Å². The number of aryl methyl sites for hydroxylation is 1. The summed E-state index contributed by atoms with van der Waals surface area (Å²) in [7, 11) is 0. The molecule has 1 fully saturated rings. The molecule has 104 valence electrons. The van der Waals surface area contributed by atoms with Crippen LogP contribution < -0.4 is 0 Å². The van der Waals surface area contributed by atoms with Crippen molar-refractivity contribution in [2.75, 3.05) is 13.1 Å². The first-order valence-corrected chi connectivity index (χ1v) is 7.17. The molecule has 19 heavy (non-hydrogen) atoms. The van der Waals surface area contributed by atoms with Gasteiger partial charge in [-0.3, -0.25) is 4.90 Å². The summed E-state index contributed by atoms with van der Waals surface area (Å²) in [6.07, 6.45) is 4.35. The van der Waals surface area contributed by atoms with E-state index in [-0.39, 0.29) is 0 Å². The zero-order valence-corrected chi connectivity index (χ0v) is 11.9. The smallest absolute Gasteiger partial charge is 0.328 e. The molecule has 1 aliphatic rings. The second-order valence-corrected chi connectivity index (χ2v) is 5.52. The summed E-state index contributed by atoms with van der Waals surface area (Å²) in [6.45, 7) is 5.73. The Morgan fingerprint density at radius 3 is 2.32 bits per heavy atom. The van der Waals surface area contributed by atoms with Gasteiger partial charge in [0.15, 0.2) is 0 Å². The van der Waals surface area contributed by atoms with Crippen LogP contribution in [0.15, 0.2) is 24.3 Å². The lowest BCUT2D eigenvalue weighted by Gasteiger charge is -2.35. The third kappa shape index (κ3) is 2.66. The minimum Gasteiger partial charge on any atom is -0.480 e. The van der Waals surface area contributed by atoms with Gasteiger partial charge in [-0.05, 0) is 50.4 Å². The second kappa shape index (κ2) is 5.74. The van der Waals surface area contributed by atoms with E-state index < -0.39 is 11.5 Å². The SMILES string of the molecule is CCCc1ccc(C(C)(C(=O)O)N2CCCC2)cc1. The van der Waals surface area contributed by atoms with Crippen molar-refractivity contribution >= 4 is 5.97 Å². The molecule has 0 amide bonds. The van der Waals surface area contributed by atoms with Gasteiger partial charge < -0.3 is 5.11 Å². The Labute approximate surface area is 115 Å². The van der Waals surface area contributed by atoms with Crippen molar-refractivity contribution in [3.8, 4) is 0 Å². The van der Waals surface area contributed by atoms with Crippen molar-refractivity contribution < 1.29 is 9.90 Å². The Balaban J connectivity index is 2.30. The lowest BCUT2D eigenvalue weighted by Crippen LogP contribution is -2.48. The van der Waals surface area contributed by atoms with Gasteiger partial charge in [0.1, 0.15) is 5.54 Å². The first-order chi connectivity index (χ1) is 9.09. The van der Waals surface area contributed by atoms with Crippen molar-refractivity contribution in [2.45, 2.75) is 45.1 Å². The molecule has 1 aromatic carbocycles. The quantitative estimate of drug-likeness (QED) is 0.885. The summed E-state index contributed by atoms with van der Waals surface area (Å²) in [5.74, 6) is -0.752. The Kier molecular flexibility index (Phi) is 4.25. The molecule has 0 saturated carbocycles. The number of hydrogen-bond donors (Lipinski definition) is 1. The molecule has 1 aromatic rings. The molecule has 0 radical (unpaired) electrons. The predicted molar refractivity (Wildman–Crippen MR) is 76.2 cm³/mol. The van der Waals surface area contributed by atoms with Crippen LogP contribution in [0.4, 0.5) is 0 Å². The maximum Gasteiger partial charge on any atom is 0.328 e. The first kappa shape index (κ1) is 14.1. The molecule has 0 spiro atoms. The number of hydrogen-bond acceptors (Lipinski definition) is 2. The molecule has 1 saturated heterocycles. The normalized spacial score (nSPS) is 19.3. The number of aliphatic carboxylic acids is 1. The molecule has 2 rings (SSSR count). The van der Waals surface area contributed by atoms with E-state index in [0.29, 0.717) is 0 Å². The fourth-order valence-electron chi connectivity index (χ4n) is 2.89. The van der Waals surface area contributed by atoms with Crippen molar-refractivity contribution in [1.82, 2.24) is 4.90 Å². The van der Waals surface area contributed by atoms with Gasteiger partial charge in [-0.15, -0.1) is 0 Å². The van der Waals surface area contributed by atoms with Crippen LogP contribution in [0.25, 0.3) is 0 Å². The maximum absolute atomic E-state index is 11.8. The Hall–Kier alpha value is -1.35. The molecular formula is C16H23NO2. The third-order valence-corrected chi connectivity index (χ3v) is 4.21. The third-order valence-electron chi connectivity index (χ3n) is 4.21. The van der Waals surface area contributed by atoms with E-state index in [4.69, 9.17) is 0 Å². The summed E-state index contributed by atoms with van der Waals surface area (Å²) >= 11 is 0. The highest BCUT2D eigenvalue weighted by atomic mass is 16.4. The highest BCUT2D eigenvalue weighted by Gasteiger charge is 2.42. The number of rotatable bonds is 5. The molecule has 0 aliphatic carbocycles. The van der Waals surface area contributed by atoms with Gasteiger partial charge in [-0.2, -0.15) is 0 Å². The maximum atomic E-state index is 11.8. The van der Waals surface area contributed by atoms with Crippen molar-refractivity contribution in [3.05, 3.63) is 35.4 Å². The summed E-state index contributed by atoms with van der Waals surface area (Å²) < 4.78 is 0. The van der Waals surface area contributed by atoms with Crippen LogP contribution in [-0.4, -0.2) is 29.1 Å². The molecule has 0 bridgehead atoms. The van der Waals surface area contributed by atoms with E-state index in [9.17, 15) is 9.90 Å². The minimum atomic E-state index is -0.888. The highest BCUT2D eigenvalue weighted by Crippen LogP contribution is 2.32. The number of nitrogens with zero attached hydrogens (tertiary/aromatic N) is 1. The predicted octanol–water partition coefficient (Wildman–Crippen LogP) is 3.03. The van der Waals surface area contributed by atoms with E-state index in [1.54, 1.807) is 0 Å². The summed E-state index contributed by atoms with van der Waals surface area (Å²) in [5, 5.41) is 9.68. The largest absolute Gasteiger partial charge is 0.480 e. The number of carboxylic acids is 1. The monoisotopic (exact) mass is 261 g/mol. The van der Waals surface area contributed by atoms with Crippen LogP contribution >= 0.6 is 0 Å². The zero-order chi connectivity index (χ0) is 13.9. The van der Waals surface area contributed by atoms with Crippen LogP contribution in [0.5, 0.6) is 0 Å². The van der Waals surface area contributed by atoms with E-state index >= 15 is 0 Å². The van der Waals surface area contributed by atoms with Gasteiger partial charge in [-0.25, -0.2) is 4.79 Å². The van der Waals surface area contributed by atoms with E-state index in [0.717, 1.165) is 44.3 Å². The number of carboxylic acid groups (broad SMARTS) is 1. The topological polar surface area (TPSA) is 40.5 Å². The lowest BCUT2D eigenvalue weighted by molar-refractivity contribution is -0.150. The highest BCUT2D eigenvalue weighted by molar-refractivity contribution is 5.80. The number of carbonyl (C=O) groups is 1. The molecule has 1 heterocycles. The molecule has 3 heteroatoms. The molecular weight excluding hydrogens is 238 g/mol. The minimum absolute atomic E-state index is 0.752. The Morgan fingerprint density at radius 1 is 1.26 bits per heavy atom. The summed E-state index contributed by atoms with van der Waals surface area (Å²) in [4.78, 5) is 13.9. The first-order valence-electron chi connectivity index (χ1n) is 7.17.